The summed E-state index contributed by atoms with van der Waals surface area (Å²) >= 11 is 3.47. The maximum Gasteiger partial charge on any atom is 0.241 e. The Bertz CT molecular complexity index is 422. The molecule has 1 aromatic carbocycles. The van der Waals surface area contributed by atoms with Crippen molar-refractivity contribution in [1.82, 2.24) is 0 Å². The molecule has 1 rings (SSSR count). The monoisotopic (exact) mass is 312 g/mol. The molecule has 0 aliphatic heterocycles. The van der Waals surface area contributed by atoms with Crippen molar-refractivity contribution in [3.63, 3.8) is 0 Å². The summed E-state index contributed by atoms with van der Waals surface area (Å²) in [6.07, 6.45) is 0.892. The van der Waals surface area contributed by atoms with E-state index in [-0.39, 0.29) is 11.8 Å². The molecule has 0 unspecified atom stereocenters. The Morgan fingerprint density at radius 2 is 2.06 bits per heavy atom. The van der Waals surface area contributed by atoms with E-state index in [1.54, 1.807) is 0 Å². The minimum Gasteiger partial charge on any atom is -0.323 e. The summed E-state index contributed by atoms with van der Waals surface area (Å²) in [5, 5.41) is 2.91. The molecule has 4 heteroatoms. The number of carbonyl (C=O) groups is 1. The van der Waals surface area contributed by atoms with Crippen LogP contribution in [0.4, 0.5) is 5.69 Å². The van der Waals surface area contributed by atoms with Crippen molar-refractivity contribution in [3.8, 4) is 0 Å². The van der Waals surface area contributed by atoms with Crippen LogP contribution in [0.1, 0.15) is 31.4 Å². The zero-order valence-corrected chi connectivity index (χ0v) is 13.0. The van der Waals surface area contributed by atoms with Gasteiger partial charge >= 0.3 is 0 Å². The molecular weight excluding hydrogens is 292 g/mol. The lowest BCUT2D eigenvalue weighted by atomic mass is 9.99. The zero-order chi connectivity index (χ0) is 13.9. The Labute approximate surface area is 117 Å². The van der Waals surface area contributed by atoms with Crippen LogP contribution in [0.15, 0.2) is 16.6 Å². The predicted molar refractivity (Wildman–Crippen MR) is 79.7 cm³/mol. The molecule has 0 aliphatic carbocycles. The fourth-order valence-corrected chi connectivity index (χ4v) is 2.57. The van der Waals surface area contributed by atoms with Crippen LogP contribution >= 0.6 is 15.9 Å². The van der Waals surface area contributed by atoms with E-state index in [9.17, 15) is 4.79 Å². The van der Waals surface area contributed by atoms with Crippen LogP contribution in [0.5, 0.6) is 0 Å². The van der Waals surface area contributed by atoms with Crippen LogP contribution in [-0.2, 0) is 4.79 Å². The average Bonchev–Trinajstić information content (AvgIpc) is 2.31. The summed E-state index contributed by atoms with van der Waals surface area (Å²) < 4.78 is 0.893. The van der Waals surface area contributed by atoms with E-state index in [2.05, 4.69) is 21.2 Å². The van der Waals surface area contributed by atoms with Gasteiger partial charge in [0.15, 0.2) is 0 Å². The molecular formula is C14H21BrN2O. The Kier molecular flexibility index (Phi) is 5.35. The second-order valence-electron chi connectivity index (χ2n) is 4.84. The molecule has 0 spiro atoms. The first-order chi connectivity index (χ1) is 8.36. The summed E-state index contributed by atoms with van der Waals surface area (Å²) in [6, 6.07) is 3.55. The van der Waals surface area contributed by atoms with Gasteiger partial charge in [0.2, 0.25) is 5.91 Å². The molecule has 18 heavy (non-hydrogen) atoms. The predicted octanol–water partition coefficient (Wildman–Crippen LogP) is 3.38. The summed E-state index contributed by atoms with van der Waals surface area (Å²) in [7, 11) is 0. The minimum atomic E-state index is -0.470. The molecule has 0 radical (unpaired) electrons. The molecule has 1 aromatic rings. The molecule has 100 valence electrons. The van der Waals surface area contributed by atoms with Crippen LogP contribution in [0.3, 0.4) is 0 Å². The fourth-order valence-electron chi connectivity index (χ4n) is 1.79. The molecule has 0 saturated carbocycles. The molecule has 2 atom stereocenters. The summed E-state index contributed by atoms with van der Waals surface area (Å²) in [4.78, 5) is 12.0. The van der Waals surface area contributed by atoms with E-state index in [0.717, 1.165) is 27.7 Å². The second-order valence-corrected chi connectivity index (χ2v) is 5.69. The van der Waals surface area contributed by atoms with Crippen molar-refractivity contribution in [1.29, 1.82) is 0 Å². The summed E-state index contributed by atoms with van der Waals surface area (Å²) in [5.74, 6) is 0.0477. The maximum atomic E-state index is 12.0. The van der Waals surface area contributed by atoms with Gasteiger partial charge in [0.1, 0.15) is 0 Å². The highest BCUT2D eigenvalue weighted by Crippen LogP contribution is 2.28. The number of rotatable bonds is 4. The molecule has 0 fully saturated rings. The highest BCUT2D eigenvalue weighted by Gasteiger charge is 2.20. The zero-order valence-electron chi connectivity index (χ0n) is 11.4. The van der Waals surface area contributed by atoms with E-state index in [1.165, 1.54) is 0 Å². The van der Waals surface area contributed by atoms with Crippen molar-refractivity contribution < 1.29 is 4.79 Å². The van der Waals surface area contributed by atoms with Gasteiger partial charge in [0.25, 0.3) is 0 Å². The van der Waals surface area contributed by atoms with Gasteiger partial charge in [-0.25, -0.2) is 0 Å². The van der Waals surface area contributed by atoms with E-state index in [1.807, 2.05) is 39.8 Å². The van der Waals surface area contributed by atoms with Gasteiger partial charge in [-0.1, -0.05) is 26.3 Å². The normalized spacial score (nSPS) is 14.1. The minimum absolute atomic E-state index is 0.128. The smallest absolute Gasteiger partial charge is 0.241 e. The second kappa shape index (κ2) is 6.34. The molecule has 1 amide bonds. The first-order valence-corrected chi connectivity index (χ1v) is 6.99. The lowest BCUT2D eigenvalue weighted by Gasteiger charge is -2.19. The van der Waals surface area contributed by atoms with Crippen LogP contribution in [0.25, 0.3) is 0 Å². The van der Waals surface area contributed by atoms with Crippen LogP contribution in [0, 0.1) is 19.8 Å². The molecule has 0 aromatic heterocycles. The van der Waals surface area contributed by atoms with Crippen molar-refractivity contribution in [2.45, 2.75) is 40.2 Å². The standard InChI is InChI=1S/C14H21BrN2O/c1-5-9(3)12(16)14(18)17-13-10(4)6-8(2)7-11(13)15/h6-7,9,12H,5,16H2,1-4H3,(H,17,18)/t9-,12-/m0/s1. The number of hydrogen-bond donors (Lipinski definition) is 2. The van der Waals surface area contributed by atoms with Gasteiger partial charge in [0, 0.05) is 4.47 Å². The number of aryl methyl sites for hydroxylation is 2. The number of carbonyl (C=O) groups excluding carboxylic acids is 1. The third-order valence-electron chi connectivity index (χ3n) is 3.24. The Hall–Kier alpha value is -0.870. The maximum absolute atomic E-state index is 12.0. The fraction of sp³-hybridized carbons (Fsp3) is 0.500. The number of anilines is 1. The Balaban J connectivity index is 2.89. The largest absolute Gasteiger partial charge is 0.323 e. The topological polar surface area (TPSA) is 55.1 Å². The van der Waals surface area contributed by atoms with Crippen molar-refractivity contribution in [3.05, 3.63) is 27.7 Å². The molecule has 0 bridgehead atoms. The Morgan fingerprint density at radius 1 is 1.44 bits per heavy atom. The number of nitrogens with one attached hydrogen (secondary N) is 1. The Morgan fingerprint density at radius 3 is 2.56 bits per heavy atom. The summed E-state index contributed by atoms with van der Waals surface area (Å²) in [6.45, 7) is 8.02. The van der Waals surface area contributed by atoms with E-state index in [4.69, 9.17) is 5.73 Å². The highest BCUT2D eigenvalue weighted by atomic mass is 79.9. The number of nitrogens with two attached hydrogens (primary N) is 1. The van der Waals surface area contributed by atoms with Gasteiger partial charge in [-0.2, -0.15) is 0 Å². The van der Waals surface area contributed by atoms with E-state index >= 15 is 0 Å². The average molecular weight is 313 g/mol. The third-order valence-corrected chi connectivity index (χ3v) is 3.87. The quantitative estimate of drug-likeness (QED) is 0.895. The SMILES string of the molecule is CC[C@H](C)[C@H](N)C(=O)Nc1c(C)cc(C)cc1Br. The third kappa shape index (κ3) is 3.56. The number of halogens is 1. The molecule has 3 nitrogen and oxygen atoms in total. The van der Waals surface area contributed by atoms with Gasteiger partial charge < -0.3 is 11.1 Å². The number of amides is 1. The van der Waals surface area contributed by atoms with Gasteiger partial charge in [-0.05, 0) is 52.9 Å². The van der Waals surface area contributed by atoms with E-state index < -0.39 is 6.04 Å². The molecule has 0 saturated heterocycles. The first-order valence-electron chi connectivity index (χ1n) is 6.20. The number of hydrogen-bond acceptors (Lipinski definition) is 2. The first kappa shape index (κ1) is 15.2. The highest BCUT2D eigenvalue weighted by molar-refractivity contribution is 9.10. The van der Waals surface area contributed by atoms with Crippen molar-refractivity contribution in [2.24, 2.45) is 11.7 Å². The molecule has 3 N–H and O–H groups in total. The lowest BCUT2D eigenvalue weighted by molar-refractivity contribution is -0.118. The van der Waals surface area contributed by atoms with Gasteiger partial charge in [-0.3, -0.25) is 4.79 Å². The van der Waals surface area contributed by atoms with Crippen LogP contribution in [-0.4, -0.2) is 11.9 Å². The van der Waals surface area contributed by atoms with E-state index in [0.29, 0.717) is 0 Å². The van der Waals surface area contributed by atoms with Crippen molar-refractivity contribution in [2.75, 3.05) is 5.32 Å². The van der Waals surface area contributed by atoms with Gasteiger partial charge in [-0.15, -0.1) is 0 Å². The molecule has 0 heterocycles. The summed E-state index contributed by atoms with van der Waals surface area (Å²) in [5.41, 5.74) is 8.92. The van der Waals surface area contributed by atoms with Crippen LogP contribution in [0.2, 0.25) is 0 Å². The lowest BCUT2D eigenvalue weighted by Crippen LogP contribution is -2.40. The van der Waals surface area contributed by atoms with Crippen LogP contribution < -0.4 is 11.1 Å². The number of benzene rings is 1. The van der Waals surface area contributed by atoms with Crippen molar-refractivity contribution >= 4 is 27.5 Å². The molecule has 0 aliphatic rings. The van der Waals surface area contributed by atoms with Gasteiger partial charge in [0.05, 0.1) is 11.7 Å².